The average Bonchev–Trinajstić information content (AvgIpc) is 3.15. The molecular weight excluding hydrogens is 337 g/mol. The molecule has 0 aromatic heterocycles. The lowest BCUT2D eigenvalue weighted by Gasteiger charge is -2.24. The van der Waals surface area contributed by atoms with Crippen LogP contribution in [0.2, 0.25) is 0 Å². The van der Waals surface area contributed by atoms with Crippen LogP contribution in [0.25, 0.3) is 0 Å². The van der Waals surface area contributed by atoms with Crippen LogP contribution in [-0.4, -0.2) is 19.8 Å². The van der Waals surface area contributed by atoms with E-state index in [9.17, 15) is 4.39 Å². The maximum Gasteiger partial charge on any atom is 0.123 e. The molecule has 0 amide bonds. The topological polar surface area (TPSA) is 18.8 Å². The summed E-state index contributed by atoms with van der Waals surface area (Å²) in [6, 6.07) is 25.5. The van der Waals surface area contributed by atoms with E-state index in [2.05, 4.69) is 46.3 Å². The maximum atomic E-state index is 13.3. The molecular formula is C23H22FN3. The molecule has 3 nitrogen and oxygen atoms in total. The summed E-state index contributed by atoms with van der Waals surface area (Å²) in [5.74, 6) is -0.229. The van der Waals surface area contributed by atoms with E-state index in [4.69, 9.17) is 5.10 Å². The molecule has 4 heteroatoms. The van der Waals surface area contributed by atoms with Crippen LogP contribution in [0.15, 0.2) is 84.0 Å². The number of nitrogens with zero attached hydrogens (tertiary/aromatic N) is 3. The zero-order valence-electron chi connectivity index (χ0n) is 15.5. The van der Waals surface area contributed by atoms with E-state index >= 15 is 0 Å². The molecule has 1 aliphatic rings. The predicted molar refractivity (Wildman–Crippen MR) is 110 cm³/mol. The Bertz CT molecular complexity index is 932. The fourth-order valence-corrected chi connectivity index (χ4v) is 3.40. The first-order valence-corrected chi connectivity index (χ1v) is 9.07. The van der Waals surface area contributed by atoms with Gasteiger partial charge in [0.2, 0.25) is 0 Å². The smallest absolute Gasteiger partial charge is 0.123 e. The molecule has 0 unspecified atom stereocenters. The minimum absolute atomic E-state index is 0.115. The number of rotatable bonds is 4. The Labute approximate surface area is 159 Å². The quantitative estimate of drug-likeness (QED) is 0.634. The number of benzene rings is 3. The molecule has 0 saturated carbocycles. The molecule has 0 N–H and O–H groups in total. The van der Waals surface area contributed by atoms with Crippen LogP contribution >= 0.6 is 0 Å². The minimum atomic E-state index is -0.229. The molecule has 1 heterocycles. The highest BCUT2D eigenvalue weighted by Gasteiger charge is 2.29. The highest BCUT2D eigenvalue weighted by Crippen LogP contribution is 2.37. The molecule has 27 heavy (non-hydrogen) atoms. The zero-order valence-corrected chi connectivity index (χ0v) is 15.5. The second-order valence-corrected chi connectivity index (χ2v) is 6.94. The van der Waals surface area contributed by atoms with Crippen LogP contribution in [0.4, 0.5) is 15.8 Å². The van der Waals surface area contributed by atoms with Crippen molar-refractivity contribution < 1.29 is 4.39 Å². The monoisotopic (exact) mass is 359 g/mol. The van der Waals surface area contributed by atoms with Gasteiger partial charge in [-0.1, -0.05) is 42.5 Å². The van der Waals surface area contributed by atoms with Crippen molar-refractivity contribution in [3.63, 3.8) is 0 Å². The van der Waals surface area contributed by atoms with E-state index < -0.39 is 0 Å². The van der Waals surface area contributed by atoms with Crippen molar-refractivity contribution in [1.29, 1.82) is 0 Å². The van der Waals surface area contributed by atoms with E-state index in [1.54, 1.807) is 12.1 Å². The number of halogens is 1. The largest absolute Gasteiger partial charge is 0.378 e. The van der Waals surface area contributed by atoms with E-state index in [1.807, 2.05) is 32.3 Å². The van der Waals surface area contributed by atoms with Gasteiger partial charge >= 0.3 is 0 Å². The number of hydrogen-bond donors (Lipinski definition) is 0. The lowest BCUT2D eigenvalue weighted by Crippen LogP contribution is -2.18. The van der Waals surface area contributed by atoms with E-state index in [-0.39, 0.29) is 11.9 Å². The molecule has 0 saturated heterocycles. The van der Waals surface area contributed by atoms with Crippen molar-refractivity contribution in [3.8, 4) is 0 Å². The number of hydrogen-bond acceptors (Lipinski definition) is 3. The highest BCUT2D eigenvalue weighted by atomic mass is 19.1. The van der Waals surface area contributed by atoms with Gasteiger partial charge in [-0.15, -0.1) is 0 Å². The van der Waals surface area contributed by atoms with Gasteiger partial charge in [0.1, 0.15) is 5.82 Å². The third kappa shape index (κ3) is 3.56. The minimum Gasteiger partial charge on any atom is -0.378 e. The first kappa shape index (κ1) is 17.3. The Kier molecular flexibility index (Phi) is 4.63. The van der Waals surface area contributed by atoms with Gasteiger partial charge in [0.15, 0.2) is 0 Å². The van der Waals surface area contributed by atoms with Crippen molar-refractivity contribution in [1.82, 2.24) is 0 Å². The lowest BCUT2D eigenvalue weighted by atomic mass is 9.98. The molecule has 136 valence electrons. The molecule has 0 radical (unpaired) electrons. The molecule has 3 aromatic carbocycles. The Morgan fingerprint density at radius 3 is 2.19 bits per heavy atom. The predicted octanol–water partition coefficient (Wildman–Crippen LogP) is 5.25. The Hall–Kier alpha value is -3.14. The van der Waals surface area contributed by atoms with Crippen LogP contribution in [-0.2, 0) is 0 Å². The van der Waals surface area contributed by atoms with Gasteiger partial charge in [0, 0.05) is 26.2 Å². The molecule has 4 rings (SSSR count). The van der Waals surface area contributed by atoms with Gasteiger partial charge in [-0.3, -0.25) is 5.01 Å². The summed E-state index contributed by atoms with van der Waals surface area (Å²) in [6.07, 6.45) is 0.780. The third-order valence-corrected chi connectivity index (χ3v) is 4.90. The van der Waals surface area contributed by atoms with E-state index in [0.29, 0.717) is 0 Å². The van der Waals surface area contributed by atoms with Crippen molar-refractivity contribution in [2.45, 2.75) is 12.5 Å². The molecule has 0 bridgehead atoms. The summed E-state index contributed by atoms with van der Waals surface area (Å²) in [5, 5.41) is 6.96. The Balaban J connectivity index is 1.70. The normalized spacial score (nSPS) is 16.3. The molecule has 0 fully saturated rings. The summed E-state index contributed by atoms with van der Waals surface area (Å²) >= 11 is 0. The summed E-state index contributed by atoms with van der Waals surface area (Å²) in [7, 11) is 4.08. The molecule has 1 aliphatic heterocycles. The van der Waals surface area contributed by atoms with Gasteiger partial charge in [-0.05, 0) is 47.5 Å². The second-order valence-electron chi connectivity index (χ2n) is 6.94. The van der Waals surface area contributed by atoms with Crippen LogP contribution in [0, 0.1) is 5.82 Å². The number of hydrazone groups is 1. The fraction of sp³-hybridized carbons (Fsp3) is 0.174. The van der Waals surface area contributed by atoms with Crippen LogP contribution in [0.5, 0.6) is 0 Å². The van der Waals surface area contributed by atoms with Crippen LogP contribution in [0.3, 0.4) is 0 Å². The first-order valence-electron chi connectivity index (χ1n) is 9.07. The van der Waals surface area contributed by atoms with Crippen LogP contribution in [0.1, 0.15) is 23.6 Å². The van der Waals surface area contributed by atoms with Crippen LogP contribution < -0.4 is 9.91 Å². The van der Waals surface area contributed by atoms with Gasteiger partial charge in [0.25, 0.3) is 0 Å². The summed E-state index contributed by atoms with van der Waals surface area (Å²) < 4.78 is 13.3. The highest BCUT2D eigenvalue weighted by molar-refractivity contribution is 6.03. The standard InChI is InChI=1S/C23H22FN3/c1-26(2)20-14-10-18(11-15-20)23-16-22(17-8-12-19(24)13-9-17)25-27(23)21-6-4-3-5-7-21/h3-15,23H,16H2,1-2H3/t23-/m1/s1. The third-order valence-electron chi connectivity index (χ3n) is 4.90. The van der Waals surface area contributed by atoms with Gasteiger partial charge in [-0.25, -0.2) is 4.39 Å². The van der Waals surface area contributed by atoms with Gasteiger partial charge in [0.05, 0.1) is 17.4 Å². The van der Waals surface area contributed by atoms with Crippen molar-refractivity contribution in [2.24, 2.45) is 5.10 Å². The zero-order chi connectivity index (χ0) is 18.8. The average molecular weight is 359 g/mol. The Morgan fingerprint density at radius 2 is 1.56 bits per heavy atom. The summed E-state index contributed by atoms with van der Waals surface area (Å²) in [5.41, 5.74) is 5.37. The summed E-state index contributed by atoms with van der Waals surface area (Å²) in [4.78, 5) is 2.09. The number of anilines is 2. The van der Waals surface area contributed by atoms with Crippen molar-refractivity contribution in [3.05, 3.63) is 95.8 Å². The van der Waals surface area contributed by atoms with Gasteiger partial charge < -0.3 is 4.90 Å². The van der Waals surface area contributed by atoms with Crippen molar-refractivity contribution in [2.75, 3.05) is 24.0 Å². The van der Waals surface area contributed by atoms with Gasteiger partial charge in [-0.2, -0.15) is 5.10 Å². The summed E-state index contributed by atoms with van der Waals surface area (Å²) in [6.45, 7) is 0. The maximum absolute atomic E-state index is 13.3. The van der Waals surface area contributed by atoms with Crippen molar-refractivity contribution >= 4 is 17.1 Å². The molecule has 3 aromatic rings. The van der Waals surface area contributed by atoms with E-state index in [1.165, 1.54) is 23.4 Å². The first-order chi connectivity index (χ1) is 13.1. The second kappa shape index (κ2) is 7.23. The molecule has 0 spiro atoms. The SMILES string of the molecule is CN(C)c1ccc([C@H]2CC(c3ccc(F)cc3)=NN2c2ccccc2)cc1. The molecule has 0 aliphatic carbocycles. The lowest BCUT2D eigenvalue weighted by molar-refractivity contribution is 0.627. The Morgan fingerprint density at radius 1 is 0.889 bits per heavy atom. The molecule has 1 atom stereocenters. The van der Waals surface area contributed by atoms with E-state index in [0.717, 1.165) is 23.4 Å². The number of para-hydroxylation sites is 1. The fourth-order valence-electron chi connectivity index (χ4n) is 3.40.